The topological polar surface area (TPSA) is 89.3 Å². The number of carboxylic acids is 1. The highest BCUT2D eigenvalue weighted by Crippen LogP contribution is 2.20. The van der Waals surface area contributed by atoms with E-state index in [9.17, 15) is 13.2 Å². The highest BCUT2D eigenvalue weighted by Gasteiger charge is 2.16. The Hall–Kier alpha value is -1.89. The molecule has 1 aromatic heterocycles. The first-order chi connectivity index (χ1) is 9.35. The van der Waals surface area contributed by atoms with Crippen LogP contribution in [0.5, 0.6) is 0 Å². The Morgan fingerprint density at radius 3 is 2.70 bits per heavy atom. The van der Waals surface area contributed by atoms with E-state index < -0.39 is 15.8 Å². The Labute approximate surface area is 117 Å². The molecule has 0 bridgehead atoms. The number of fused-ring (bicyclic) bond motifs is 1. The third-order valence-corrected chi connectivity index (χ3v) is 4.95. The zero-order valence-electron chi connectivity index (χ0n) is 11.3. The van der Waals surface area contributed by atoms with Crippen LogP contribution in [-0.2, 0) is 16.4 Å². The molecule has 0 aliphatic rings. The summed E-state index contributed by atoms with van der Waals surface area (Å²) < 4.78 is 24.9. The SMILES string of the molecule is CCS(=O)(=O)CCn1c(C)nc2c(C(=O)O)cccc21. The van der Waals surface area contributed by atoms with Gasteiger partial charge in [-0.3, -0.25) is 0 Å². The van der Waals surface area contributed by atoms with Crippen molar-refractivity contribution in [3.63, 3.8) is 0 Å². The van der Waals surface area contributed by atoms with Crippen molar-refractivity contribution in [2.45, 2.75) is 20.4 Å². The molecule has 0 aliphatic heterocycles. The molecule has 0 amide bonds. The van der Waals surface area contributed by atoms with Crippen LogP contribution >= 0.6 is 0 Å². The third kappa shape index (κ3) is 2.67. The van der Waals surface area contributed by atoms with Gasteiger partial charge in [0.05, 0.1) is 16.8 Å². The third-order valence-electron chi connectivity index (χ3n) is 3.27. The van der Waals surface area contributed by atoms with Crippen LogP contribution in [0.1, 0.15) is 23.1 Å². The lowest BCUT2D eigenvalue weighted by Gasteiger charge is -2.07. The molecule has 108 valence electrons. The van der Waals surface area contributed by atoms with Gasteiger partial charge in [0.15, 0.2) is 9.84 Å². The molecule has 0 spiro atoms. The zero-order chi connectivity index (χ0) is 14.9. The molecule has 0 fully saturated rings. The minimum absolute atomic E-state index is 0.0209. The number of carbonyl (C=O) groups is 1. The Morgan fingerprint density at radius 1 is 1.40 bits per heavy atom. The number of nitrogens with zero attached hydrogens (tertiary/aromatic N) is 2. The molecule has 1 aromatic carbocycles. The van der Waals surface area contributed by atoms with Gasteiger partial charge in [-0.1, -0.05) is 13.0 Å². The maximum Gasteiger partial charge on any atom is 0.337 e. The summed E-state index contributed by atoms with van der Waals surface area (Å²) in [7, 11) is -3.07. The van der Waals surface area contributed by atoms with E-state index in [1.54, 1.807) is 30.5 Å². The Morgan fingerprint density at radius 2 is 2.10 bits per heavy atom. The summed E-state index contributed by atoms with van der Waals surface area (Å²) in [6.45, 7) is 3.63. The fourth-order valence-corrected chi connectivity index (χ4v) is 2.84. The summed E-state index contributed by atoms with van der Waals surface area (Å²) in [4.78, 5) is 15.4. The van der Waals surface area contributed by atoms with Crippen molar-refractivity contribution >= 4 is 26.8 Å². The van der Waals surface area contributed by atoms with Gasteiger partial charge in [0.1, 0.15) is 11.3 Å². The number of rotatable bonds is 5. The number of imidazole rings is 1. The summed E-state index contributed by atoms with van der Waals surface area (Å²) in [5, 5.41) is 9.14. The molecule has 2 aromatic rings. The van der Waals surface area contributed by atoms with Gasteiger partial charge in [-0.2, -0.15) is 0 Å². The standard InChI is InChI=1S/C13H16N2O4S/c1-3-20(18,19)8-7-15-9(2)14-12-10(13(16)17)5-4-6-11(12)15/h4-6H,3,7-8H2,1-2H3,(H,16,17). The van der Waals surface area contributed by atoms with Gasteiger partial charge < -0.3 is 9.67 Å². The number of hydrogen-bond acceptors (Lipinski definition) is 4. The number of carboxylic acid groups (broad SMARTS) is 1. The van der Waals surface area contributed by atoms with E-state index in [1.165, 1.54) is 6.07 Å². The lowest BCUT2D eigenvalue weighted by molar-refractivity contribution is 0.0699. The van der Waals surface area contributed by atoms with Gasteiger partial charge in [0, 0.05) is 12.3 Å². The molecule has 0 saturated carbocycles. The van der Waals surface area contributed by atoms with Crippen LogP contribution in [0.3, 0.4) is 0 Å². The van der Waals surface area contributed by atoms with Crippen molar-refractivity contribution in [2.75, 3.05) is 11.5 Å². The van der Waals surface area contributed by atoms with Gasteiger partial charge in [0.25, 0.3) is 0 Å². The minimum Gasteiger partial charge on any atom is -0.478 e. The first kappa shape index (κ1) is 14.5. The Balaban J connectivity index is 2.47. The average Bonchev–Trinajstić information content (AvgIpc) is 2.71. The van der Waals surface area contributed by atoms with E-state index >= 15 is 0 Å². The van der Waals surface area contributed by atoms with Crippen LogP contribution in [0.4, 0.5) is 0 Å². The van der Waals surface area contributed by atoms with Gasteiger partial charge >= 0.3 is 5.97 Å². The summed E-state index contributed by atoms with van der Waals surface area (Å²) >= 11 is 0. The van der Waals surface area contributed by atoms with E-state index in [1.807, 2.05) is 0 Å². The van der Waals surface area contributed by atoms with Crippen LogP contribution in [0.2, 0.25) is 0 Å². The van der Waals surface area contributed by atoms with Crippen LogP contribution in [0.25, 0.3) is 11.0 Å². The second-order valence-electron chi connectivity index (χ2n) is 4.53. The first-order valence-electron chi connectivity index (χ1n) is 6.25. The molecular formula is C13H16N2O4S. The van der Waals surface area contributed by atoms with Crippen molar-refractivity contribution in [3.8, 4) is 0 Å². The quantitative estimate of drug-likeness (QED) is 0.902. The number of sulfone groups is 1. The smallest absolute Gasteiger partial charge is 0.337 e. The van der Waals surface area contributed by atoms with Crippen LogP contribution < -0.4 is 0 Å². The minimum atomic E-state index is -3.07. The monoisotopic (exact) mass is 296 g/mol. The summed E-state index contributed by atoms with van der Waals surface area (Å²) in [6.07, 6.45) is 0. The van der Waals surface area contributed by atoms with E-state index in [2.05, 4.69) is 4.98 Å². The van der Waals surface area contributed by atoms with Crippen molar-refractivity contribution in [1.82, 2.24) is 9.55 Å². The van der Waals surface area contributed by atoms with Crippen molar-refractivity contribution < 1.29 is 18.3 Å². The lowest BCUT2D eigenvalue weighted by Crippen LogP contribution is -2.15. The first-order valence-corrected chi connectivity index (χ1v) is 8.07. The van der Waals surface area contributed by atoms with E-state index in [0.29, 0.717) is 16.9 Å². The maximum absolute atomic E-state index is 11.6. The molecule has 20 heavy (non-hydrogen) atoms. The Kier molecular flexibility index (Phi) is 3.80. The highest BCUT2D eigenvalue weighted by atomic mass is 32.2. The molecule has 2 rings (SSSR count). The van der Waals surface area contributed by atoms with Crippen molar-refractivity contribution in [3.05, 3.63) is 29.6 Å². The van der Waals surface area contributed by atoms with Crippen LogP contribution in [0.15, 0.2) is 18.2 Å². The summed E-state index contributed by atoms with van der Waals surface area (Å²) in [6, 6.07) is 4.88. The van der Waals surface area contributed by atoms with Crippen molar-refractivity contribution in [1.29, 1.82) is 0 Å². The summed E-state index contributed by atoms with van der Waals surface area (Å²) in [5.41, 5.74) is 1.17. The summed E-state index contributed by atoms with van der Waals surface area (Å²) in [5.74, 6) is -0.312. The molecule has 0 aliphatic carbocycles. The van der Waals surface area contributed by atoms with Gasteiger partial charge in [-0.25, -0.2) is 18.2 Å². The predicted molar refractivity (Wildman–Crippen MR) is 75.8 cm³/mol. The molecule has 1 heterocycles. The van der Waals surface area contributed by atoms with E-state index in [4.69, 9.17) is 5.11 Å². The zero-order valence-corrected chi connectivity index (χ0v) is 12.1. The van der Waals surface area contributed by atoms with Gasteiger partial charge in [0.2, 0.25) is 0 Å². The van der Waals surface area contributed by atoms with Crippen LogP contribution in [-0.4, -0.2) is 40.6 Å². The molecule has 0 unspecified atom stereocenters. The van der Waals surface area contributed by atoms with Gasteiger partial charge in [-0.05, 0) is 19.1 Å². The number of aryl methyl sites for hydroxylation is 2. The molecule has 1 N–H and O–H groups in total. The molecular weight excluding hydrogens is 280 g/mol. The molecule has 7 heteroatoms. The van der Waals surface area contributed by atoms with Crippen molar-refractivity contribution in [2.24, 2.45) is 0 Å². The Bertz CT molecular complexity index is 762. The molecule has 6 nitrogen and oxygen atoms in total. The second-order valence-corrected chi connectivity index (χ2v) is 7.00. The van der Waals surface area contributed by atoms with E-state index in [0.717, 1.165) is 0 Å². The molecule has 0 saturated heterocycles. The normalized spacial score (nSPS) is 11.9. The lowest BCUT2D eigenvalue weighted by atomic mass is 10.2. The number of aromatic nitrogens is 2. The average molecular weight is 296 g/mol. The fraction of sp³-hybridized carbons (Fsp3) is 0.385. The number of benzene rings is 1. The highest BCUT2D eigenvalue weighted by molar-refractivity contribution is 7.91. The van der Waals surface area contributed by atoms with Crippen LogP contribution in [0, 0.1) is 6.92 Å². The number of hydrogen-bond donors (Lipinski definition) is 1. The van der Waals surface area contributed by atoms with E-state index in [-0.39, 0.29) is 23.6 Å². The number of para-hydroxylation sites is 1. The second kappa shape index (κ2) is 5.24. The largest absolute Gasteiger partial charge is 0.478 e. The molecule has 0 radical (unpaired) electrons. The maximum atomic E-state index is 11.6. The predicted octanol–water partition coefficient (Wildman–Crippen LogP) is 1.48. The van der Waals surface area contributed by atoms with Gasteiger partial charge in [-0.15, -0.1) is 0 Å². The number of aromatic carboxylic acids is 1. The molecule has 0 atom stereocenters. The fourth-order valence-electron chi connectivity index (χ4n) is 2.09.